The fourth-order valence-electron chi connectivity index (χ4n) is 2.69. The fraction of sp³-hybridized carbons (Fsp3) is 0.562. The Balaban J connectivity index is 1.91. The van der Waals surface area contributed by atoms with Crippen molar-refractivity contribution in [1.82, 2.24) is 4.90 Å². The molecule has 0 bridgehead atoms. The normalized spacial score (nSPS) is 21.9. The largest absolute Gasteiger partial charge is 0.483 e. The first-order chi connectivity index (χ1) is 9.99. The van der Waals surface area contributed by atoms with Crippen molar-refractivity contribution in [3.8, 4) is 5.75 Å². The number of hydrogen-bond donors (Lipinski definition) is 1. The van der Waals surface area contributed by atoms with Crippen LogP contribution in [0, 0.1) is 6.92 Å². The molecule has 0 spiro atoms. The molecule has 2 atom stereocenters. The van der Waals surface area contributed by atoms with Crippen molar-refractivity contribution in [2.75, 3.05) is 13.7 Å². The number of aliphatic hydroxyl groups excluding tert-OH is 1. The van der Waals surface area contributed by atoms with Crippen LogP contribution in [0.2, 0.25) is 0 Å². The smallest absolute Gasteiger partial charge is 0.260 e. The average Bonchev–Trinajstić information content (AvgIpc) is 2.46. The Kier molecular flexibility index (Phi) is 5.65. The molecule has 0 aliphatic heterocycles. The lowest BCUT2D eigenvalue weighted by Crippen LogP contribution is -2.47. The van der Waals surface area contributed by atoms with Gasteiger partial charge < -0.3 is 14.7 Å². The highest BCUT2D eigenvalue weighted by molar-refractivity contribution is 9.10. The molecule has 0 radical (unpaired) electrons. The lowest BCUT2D eigenvalue weighted by molar-refractivity contribution is -0.137. The number of aliphatic hydroxyl groups is 1. The van der Waals surface area contributed by atoms with E-state index in [0.717, 1.165) is 35.7 Å². The van der Waals surface area contributed by atoms with E-state index in [4.69, 9.17) is 4.74 Å². The van der Waals surface area contributed by atoms with Gasteiger partial charge in [-0.3, -0.25) is 4.79 Å². The van der Waals surface area contributed by atoms with Crippen LogP contribution in [0.25, 0.3) is 0 Å². The van der Waals surface area contributed by atoms with Gasteiger partial charge in [-0.05, 0) is 53.4 Å². The zero-order valence-corrected chi connectivity index (χ0v) is 14.1. The standard InChI is InChI=1S/C16H22BrNO3/c1-11-7-8-15(12(17)9-11)21-10-16(20)18(2)13-5-3-4-6-14(13)19/h7-9,13-14,19H,3-6,10H2,1-2H3. The van der Waals surface area contributed by atoms with Crippen molar-refractivity contribution in [3.63, 3.8) is 0 Å². The van der Waals surface area contributed by atoms with Crippen molar-refractivity contribution in [3.05, 3.63) is 28.2 Å². The third kappa shape index (κ3) is 4.20. The number of amides is 1. The number of rotatable bonds is 4. The molecule has 1 amide bonds. The average molecular weight is 356 g/mol. The quantitative estimate of drug-likeness (QED) is 0.903. The lowest BCUT2D eigenvalue weighted by atomic mass is 9.91. The van der Waals surface area contributed by atoms with Gasteiger partial charge in [0.1, 0.15) is 5.75 Å². The second kappa shape index (κ2) is 7.27. The van der Waals surface area contributed by atoms with Crippen LogP contribution in [-0.4, -0.2) is 41.7 Å². The summed E-state index contributed by atoms with van der Waals surface area (Å²) in [6.07, 6.45) is 3.30. The van der Waals surface area contributed by atoms with Crippen molar-refractivity contribution in [2.24, 2.45) is 0 Å². The van der Waals surface area contributed by atoms with E-state index in [9.17, 15) is 9.90 Å². The molecule has 1 N–H and O–H groups in total. The predicted octanol–water partition coefficient (Wildman–Crippen LogP) is 2.90. The third-order valence-electron chi connectivity index (χ3n) is 4.02. The molecule has 4 nitrogen and oxygen atoms in total. The molecule has 5 heteroatoms. The van der Waals surface area contributed by atoms with Crippen LogP contribution >= 0.6 is 15.9 Å². The van der Waals surface area contributed by atoms with E-state index >= 15 is 0 Å². The summed E-state index contributed by atoms with van der Waals surface area (Å²) in [5, 5.41) is 10.0. The zero-order valence-electron chi connectivity index (χ0n) is 12.5. The van der Waals surface area contributed by atoms with Crippen molar-refractivity contribution in [1.29, 1.82) is 0 Å². The van der Waals surface area contributed by atoms with Crippen LogP contribution in [0.3, 0.4) is 0 Å². The highest BCUT2D eigenvalue weighted by atomic mass is 79.9. The topological polar surface area (TPSA) is 49.8 Å². The Morgan fingerprint density at radius 3 is 2.81 bits per heavy atom. The second-order valence-electron chi connectivity index (χ2n) is 5.65. The van der Waals surface area contributed by atoms with E-state index in [2.05, 4.69) is 15.9 Å². The highest BCUT2D eigenvalue weighted by Crippen LogP contribution is 2.26. The van der Waals surface area contributed by atoms with Crippen LogP contribution in [0.4, 0.5) is 0 Å². The molecule has 2 unspecified atom stereocenters. The van der Waals surface area contributed by atoms with Crippen molar-refractivity contribution in [2.45, 2.75) is 44.8 Å². The summed E-state index contributed by atoms with van der Waals surface area (Å²) in [6.45, 7) is 1.99. The fourth-order valence-corrected chi connectivity index (χ4v) is 3.30. The summed E-state index contributed by atoms with van der Waals surface area (Å²) in [7, 11) is 1.75. The van der Waals surface area contributed by atoms with Gasteiger partial charge in [0.25, 0.3) is 5.91 Å². The number of benzene rings is 1. The van der Waals surface area contributed by atoms with Crippen LogP contribution in [0.1, 0.15) is 31.2 Å². The molecule has 1 fully saturated rings. The molecule has 0 heterocycles. The molecule has 1 aliphatic rings. The monoisotopic (exact) mass is 355 g/mol. The van der Waals surface area contributed by atoms with Crippen LogP contribution in [0.5, 0.6) is 5.75 Å². The predicted molar refractivity (Wildman–Crippen MR) is 85.4 cm³/mol. The Morgan fingerprint density at radius 1 is 1.43 bits per heavy atom. The number of hydrogen-bond acceptors (Lipinski definition) is 3. The molecular formula is C16H22BrNO3. The first-order valence-corrected chi connectivity index (χ1v) is 8.11. The number of nitrogens with zero attached hydrogens (tertiary/aromatic N) is 1. The molecule has 21 heavy (non-hydrogen) atoms. The molecule has 2 rings (SSSR count). The summed E-state index contributed by atoms with van der Waals surface area (Å²) < 4.78 is 6.42. The maximum absolute atomic E-state index is 12.2. The van der Waals surface area contributed by atoms with Crippen LogP contribution in [0.15, 0.2) is 22.7 Å². The minimum absolute atomic E-state index is 0.0125. The number of carbonyl (C=O) groups excluding carboxylic acids is 1. The number of aryl methyl sites for hydroxylation is 1. The van der Waals surface area contributed by atoms with Gasteiger partial charge in [0.15, 0.2) is 6.61 Å². The maximum Gasteiger partial charge on any atom is 0.260 e. The molecular weight excluding hydrogens is 334 g/mol. The van der Waals surface area contributed by atoms with Gasteiger partial charge in [0, 0.05) is 7.05 Å². The molecule has 1 aliphatic carbocycles. The van der Waals surface area contributed by atoms with Crippen molar-refractivity contribution < 1.29 is 14.6 Å². The summed E-state index contributed by atoms with van der Waals surface area (Å²) in [4.78, 5) is 13.8. The van der Waals surface area contributed by atoms with E-state index in [1.54, 1.807) is 11.9 Å². The second-order valence-corrected chi connectivity index (χ2v) is 6.50. The molecule has 1 saturated carbocycles. The van der Waals surface area contributed by atoms with Gasteiger partial charge in [-0.2, -0.15) is 0 Å². The Hall–Kier alpha value is -1.07. The summed E-state index contributed by atoms with van der Waals surface area (Å²) in [5.74, 6) is 0.556. The number of ether oxygens (including phenoxy) is 1. The van der Waals surface area contributed by atoms with E-state index in [1.807, 2.05) is 25.1 Å². The minimum atomic E-state index is -0.418. The summed E-state index contributed by atoms with van der Waals surface area (Å²) >= 11 is 3.43. The highest BCUT2D eigenvalue weighted by Gasteiger charge is 2.29. The van der Waals surface area contributed by atoms with Gasteiger partial charge >= 0.3 is 0 Å². The molecule has 1 aromatic carbocycles. The van der Waals surface area contributed by atoms with E-state index in [1.165, 1.54) is 0 Å². The summed E-state index contributed by atoms with van der Waals surface area (Å²) in [6, 6.07) is 5.66. The lowest BCUT2D eigenvalue weighted by Gasteiger charge is -2.35. The Morgan fingerprint density at radius 2 is 2.14 bits per heavy atom. The van der Waals surface area contributed by atoms with Crippen LogP contribution < -0.4 is 4.74 Å². The summed E-state index contributed by atoms with van der Waals surface area (Å²) in [5.41, 5.74) is 1.13. The SMILES string of the molecule is Cc1ccc(OCC(=O)N(C)C2CCCCC2O)c(Br)c1. The van der Waals surface area contributed by atoms with Gasteiger partial charge in [-0.15, -0.1) is 0 Å². The van der Waals surface area contributed by atoms with Crippen LogP contribution in [-0.2, 0) is 4.79 Å². The first kappa shape index (κ1) is 16.3. The van der Waals surface area contributed by atoms with Gasteiger partial charge in [-0.1, -0.05) is 18.9 Å². The molecule has 1 aromatic rings. The van der Waals surface area contributed by atoms with E-state index < -0.39 is 6.10 Å². The van der Waals surface area contributed by atoms with E-state index in [-0.39, 0.29) is 18.6 Å². The maximum atomic E-state index is 12.2. The molecule has 0 saturated heterocycles. The molecule has 0 aromatic heterocycles. The van der Waals surface area contributed by atoms with Gasteiger partial charge in [0.05, 0.1) is 16.6 Å². The van der Waals surface area contributed by atoms with Gasteiger partial charge in [-0.25, -0.2) is 0 Å². The number of likely N-dealkylation sites (N-methyl/N-ethyl adjacent to an activating group) is 1. The van der Waals surface area contributed by atoms with Crippen molar-refractivity contribution >= 4 is 21.8 Å². The van der Waals surface area contributed by atoms with E-state index in [0.29, 0.717) is 5.75 Å². The third-order valence-corrected chi connectivity index (χ3v) is 4.64. The first-order valence-electron chi connectivity index (χ1n) is 7.31. The number of carbonyl (C=O) groups is 1. The Bertz CT molecular complexity index is 506. The minimum Gasteiger partial charge on any atom is -0.483 e. The number of halogens is 1. The Labute approximate surface area is 134 Å². The zero-order chi connectivity index (χ0) is 15.4. The van der Waals surface area contributed by atoms with Gasteiger partial charge in [0.2, 0.25) is 0 Å². The molecule has 116 valence electrons.